The van der Waals surface area contributed by atoms with Crippen molar-refractivity contribution in [3.05, 3.63) is 30.1 Å². The van der Waals surface area contributed by atoms with Crippen molar-refractivity contribution < 1.29 is 13.9 Å². The van der Waals surface area contributed by atoms with E-state index in [0.29, 0.717) is 30.3 Å². The molecular weight excluding hydrogens is 343 g/mol. The fourth-order valence-electron chi connectivity index (χ4n) is 4.43. The van der Waals surface area contributed by atoms with Crippen LogP contribution in [0, 0.1) is 5.82 Å². The van der Waals surface area contributed by atoms with Crippen LogP contribution in [0.1, 0.15) is 64.2 Å². The molecule has 1 atom stereocenters. The molecule has 2 fully saturated rings. The van der Waals surface area contributed by atoms with Crippen molar-refractivity contribution in [1.29, 1.82) is 0 Å². The van der Waals surface area contributed by atoms with Gasteiger partial charge in [0, 0.05) is 25.0 Å². The molecule has 1 N–H and O–H groups in total. The highest BCUT2D eigenvalue weighted by Gasteiger charge is 2.35. The second-order valence-corrected chi connectivity index (χ2v) is 7.83. The van der Waals surface area contributed by atoms with Crippen LogP contribution in [-0.4, -0.2) is 42.6 Å². The average molecular weight is 377 g/mol. The van der Waals surface area contributed by atoms with Gasteiger partial charge in [0.15, 0.2) is 0 Å². The lowest BCUT2D eigenvalue weighted by atomic mass is 9.95. The average Bonchev–Trinajstić information content (AvgIpc) is 3.00. The van der Waals surface area contributed by atoms with E-state index in [1.807, 2.05) is 0 Å². The van der Waals surface area contributed by atoms with Gasteiger partial charge in [-0.3, -0.25) is 4.79 Å². The number of hydrogen-bond donors (Lipinski definition) is 1. The molecule has 0 radical (unpaired) electrons. The molecule has 1 aromatic rings. The lowest BCUT2D eigenvalue weighted by Crippen LogP contribution is -2.43. The predicted octanol–water partition coefficient (Wildman–Crippen LogP) is 4.29. The minimum Gasteiger partial charge on any atom is -0.492 e. The lowest BCUT2D eigenvalue weighted by molar-refractivity contribution is -0.131. The number of ether oxygens (including phenoxy) is 1. The number of amides is 1. The first-order valence-electron chi connectivity index (χ1n) is 10.6. The summed E-state index contributed by atoms with van der Waals surface area (Å²) in [5.41, 5.74) is 0. The molecule has 1 aromatic carbocycles. The molecule has 150 valence electrons. The first-order valence-corrected chi connectivity index (χ1v) is 10.6. The van der Waals surface area contributed by atoms with Gasteiger partial charge in [0.1, 0.15) is 18.2 Å². The van der Waals surface area contributed by atoms with Crippen molar-refractivity contribution in [1.82, 2.24) is 10.2 Å². The van der Waals surface area contributed by atoms with Gasteiger partial charge in [-0.05, 0) is 56.5 Å². The Morgan fingerprint density at radius 1 is 1.00 bits per heavy atom. The number of nitrogens with one attached hydrogen (secondary N) is 1. The molecule has 5 heteroatoms. The van der Waals surface area contributed by atoms with E-state index in [0.717, 1.165) is 32.4 Å². The smallest absolute Gasteiger partial charge is 0.223 e. The molecule has 1 unspecified atom stereocenters. The highest BCUT2D eigenvalue weighted by molar-refractivity contribution is 5.79. The van der Waals surface area contributed by atoms with E-state index in [1.165, 1.54) is 57.1 Å². The highest BCUT2D eigenvalue weighted by Crippen LogP contribution is 2.30. The van der Waals surface area contributed by atoms with Gasteiger partial charge in [-0.1, -0.05) is 32.1 Å². The molecule has 1 aliphatic carbocycles. The van der Waals surface area contributed by atoms with Crippen molar-refractivity contribution in [3.63, 3.8) is 0 Å². The zero-order valence-electron chi connectivity index (χ0n) is 16.3. The molecule has 1 aliphatic heterocycles. The summed E-state index contributed by atoms with van der Waals surface area (Å²) < 4.78 is 18.5. The second kappa shape index (κ2) is 10.6. The third-order valence-corrected chi connectivity index (χ3v) is 5.86. The third kappa shape index (κ3) is 6.20. The van der Waals surface area contributed by atoms with Crippen molar-refractivity contribution in [2.45, 2.75) is 76.3 Å². The van der Waals surface area contributed by atoms with E-state index in [-0.39, 0.29) is 5.82 Å². The standard InChI is InChI=1S/C22H33FN2O2/c23-18-8-11-21(12-9-18)27-17-16-24-15-14-20-10-13-22(26)25(20)19-6-4-2-1-3-5-7-19/h8-9,11-12,19-20,24H,1-7,10,13-17H2. The molecule has 1 saturated carbocycles. The van der Waals surface area contributed by atoms with Crippen LogP contribution in [0.3, 0.4) is 0 Å². The number of hydrogen-bond acceptors (Lipinski definition) is 3. The predicted molar refractivity (Wildman–Crippen MR) is 105 cm³/mol. The van der Waals surface area contributed by atoms with Crippen LogP contribution in [-0.2, 0) is 4.79 Å². The van der Waals surface area contributed by atoms with Crippen molar-refractivity contribution in [2.24, 2.45) is 0 Å². The summed E-state index contributed by atoms with van der Waals surface area (Å²) in [6.07, 6.45) is 11.6. The van der Waals surface area contributed by atoms with Gasteiger partial charge in [-0.25, -0.2) is 4.39 Å². The number of nitrogens with zero attached hydrogens (tertiary/aromatic N) is 1. The molecular formula is C22H33FN2O2. The fourth-order valence-corrected chi connectivity index (χ4v) is 4.43. The van der Waals surface area contributed by atoms with Gasteiger partial charge in [-0.2, -0.15) is 0 Å². The van der Waals surface area contributed by atoms with Gasteiger partial charge in [-0.15, -0.1) is 0 Å². The third-order valence-electron chi connectivity index (χ3n) is 5.86. The van der Waals surface area contributed by atoms with Crippen LogP contribution in [0.4, 0.5) is 4.39 Å². The topological polar surface area (TPSA) is 41.6 Å². The van der Waals surface area contributed by atoms with Crippen molar-refractivity contribution >= 4 is 5.91 Å². The summed E-state index contributed by atoms with van der Waals surface area (Å²) in [5.74, 6) is 0.806. The van der Waals surface area contributed by atoms with Crippen LogP contribution >= 0.6 is 0 Å². The van der Waals surface area contributed by atoms with Crippen molar-refractivity contribution in [3.8, 4) is 5.75 Å². The normalized spacial score (nSPS) is 21.9. The van der Waals surface area contributed by atoms with Crippen LogP contribution in [0.25, 0.3) is 0 Å². The number of rotatable bonds is 8. The fraction of sp³-hybridized carbons (Fsp3) is 0.682. The zero-order chi connectivity index (χ0) is 18.9. The minimum atomic E-state index is -0.250. The van der Waals surface area contributed by atoms with E-state index in [4.69, 9.17) is 4.74 Å². The SMILES string of the molecule is O=C1CCC(CCNCCOc2ccc(F)cc2)N1C1CCCCCCC1. The molecule has 0 spiro atoms. The Balaban J connectivity index is 1.36. The van der Waals surface area contributed by atoms with Gasteiger partial charge in [0.2, 0.25) is 5.91 Å². The molecule has 0 bridgehead atoms. The molecule has 3 rings (SSSR count). The van der Waals surface area contributed by atoms with Crippen molar-refractivity contribution in [2.75, 3.05) is 19.7 Å². The maximum atomic E-state index is 12.9. The highest BCUT2D eigenvalue weighted by atomic mass is 19.1. The molecule has 4 nitrogen and oxygen atoms in total. The second-order valence-electron chi connectivity index (χ2n) is 7.83. The Morgan fingerprint density at radius 2 is 1.70 bits per heavy atom. The van der Waals surface area contributed by atoms with Gasteiger partial charge in [0.25, 0.3) is 0 Å². The number of halogens is 1. The van der Waals surface area contributed by atoms with E-state index in [2.05, 4.69) is 10.2 Å². The van der Waals surface area contributed by atoms with Gasteiger partial charge >= 0.3 is 0 Å². The van der Waals surface area contributed by atoms with E-state index < -0.39 is 0 Å². The first-order chi connectivity index (χ1) is 13.2. The molecule has 27 heavy (non-hydrogen) atoms. The van der Waals surface area contributed by atoms with Crippen LogP contribution in [0.15, 0.2) is 24.3 Å². The Labute approximate surface area is 162 Å². The summed E-state index contributed by atoms with van der Waals surface area (Å²) in [6.45, 7) is 2.21. The summed E-state index contributed by atoms with van der Waals surface area (Å²) in [4.78, 5) is 14.7. The summed E-state index contributed by atoms with van der Waals surface area (Å²) >= 11 is 0. The quantitative estimate of drug-likeness (QED) is 0.688. The number of carbonyl (C=O) groups excluding carboxylic acids is 1. The van der Waals surface area contributed by atoms with Gasteiger partial charge in [0.05, 0.1) is 0 Å². The maximum Gasteiger partial charge on any atom is 0.223 e. The van der Waals surface area contributed by atoms with Crippen LogP contribution < -0.4 is 10.1 Å². The number of benzene rings is 1. The number of carbonyl (C=O) groups is 1. The zero-order valence-corrected chi connectivity index (χ0v) is 16.3. The Kier molecular flexibility index (Phi) is 7.93. The first kappa shape index (κ1) is 20.1. The number of likely N-dealkylation sites (tertiary alicyclic amines) is 1. The van der Waals surface area contributed by atoms with Gasteiger partial charge < -0.3 is 15.0 Å². The summed E-state index contributed by atoms with van der Waals surface area (Å²) in [7, 11) is 0. The largest absolute Gasteiger partial charge is 0.492 e. The van der Waals surface area contributed by atoms with Crippen LogP contribution in [0.5, 0.6) is 5.75 Å². The van der Waals surface area contributed by atoms with E-state index in [1.54, 1.807) is 12.1 Å². The maximum absolute atomic E-state index is 12.9. The van der Waals surface area contributed by atoms with Crippen LogP contribution in [0.2, 0.25) is 0 Å². The van der Waals surface area contributed by atoms with E-state index in [9.17, 15) is 9.18 Å². The molecule has 1 saturated heterocycles. The Bertz CT molecular complexity index is 570. The lowest BCUT2D eigenvalue weighted by Gasteiger charge is -2.34. The Hall–Kier alpha value is -1.62. The minimum absolute atomic E-state index is 0.250. The monoisotopic (exact) mass is 376 g/mol. The molecule has 2 aliphatic rings. The molecule has 1 amide bonds. The molecule has 0 aromatic heterocycles. The summed E-state index contributed by atoms with van der Waals surface area (Å²) in [5, 5.41) is 3.42. The summed E-state index contributed by atoms with van der Waals surface area (Å²) in [6, 6.07) is 6.96. The molecule has 1 heterocycles. The van der Waals surface area contributed by atoms with E-state index >= 15 is 0 Å². The Morgan fingerprint density at radius 3 is 2.44 bits per heavy atom.